The minimum absolute atomic E-state index is 0.0554. The number of nitrogens with one attached hydrogen (secondary N) is 1. The highest BCUT2D eigenvalue weighted by Crippen LogP contribution is 2.27. The van der Waals surface area contributed by atoms with Gasteiger partial charge in [-0.05, 0) is 56.9 Å². The summed E-state index contributed by atoms with van der Waals surface area (Å²) >= 11 is 0. The van der Waals surface area contributed by atoms with Crippen molar-refractivity contribution in [2.75, 3.05) is 20.2 Å². The molecule has 1 amide bonds. The number of sulfonamides is 1. The number of rotatable bonds is 6. The fourth-order valence-electron chi connectivity index (χ4n) is 3.00. The molecule has 1 saturated heterocycles. The molecule has 2 rings (SSSR count). The topological polar surface area (TPSA) is 75.7 Å². The average molecular weight is 368 g/mol. The van der Waals surface area contributed by atoms with Crippen LogP contribution in [0.25, 0.3) is 0 Å². The average Bonchev–Trinajstić information content (AvgIpc) is 2.61. The van der Waals surface area contributed by atoms with Gasteiger partial charge in [0.2, 0.25) is 15.9 Å². The Kier molecular flexibility index (Phi) is 6.46. The van der Waals surface area contributed by atoms with Gasteiger partial charge in [0.15, 0.2) is 0 Å². The Bertz CT molecular complexity index is 718. The molecule has 1 aliphatic heterocycles. The van der Waals surface area contributed by atoms with Crippen LogP contribution in [0.1, 0.15) is 38.7 Å². The van der Waals surface area contributed by atoms with Crippen LogP contribution in [0.2, 0.25) is 0 Å². The maximum Gasteiger partial charge on any atom is 0.243 e. The zero-order valence-electron chi connectivity index (χ0n) is 15.4. The first-order valence-corrected chi connectivity index (χ1v) is 10.2. The molecule has 0 aliphatic carbocycles. The third kappa shape index (κ3) is 4.52. The van der Waals surface area contributed by atoms with Crippen molar-refractivity contribution in [2.24, 2.45) is 5.92 Å². The first-order chi connectivity index (χ1) is 11.8. The number of carbonyl (C=O) groups excluding carboxylic acids is 1. The summed E-state index contributed by atoms with van der Waals surface area (Å²) in [4.78, 5) is 12.6. The molecule has 1 heterocycles. The first kappa shape index (κ1) is 19.7. The van der Waals surface area contributed by atoms with Crippen LogP contribution in [-0.4, -0.2) is 44.9 Å². The molecular formula is C18H28N2O4S. The van der Waals surface area contributed by atoms with Crippen molar-refractivity contribution in [3.05, 3.63) is 23.8 Å². The van der Waals surface area contributed by atoms with Gasteiger partial charge in [-0.15, -0.1) is 0 Å². The monoisotopic (exact) mass is 368 g/mol. The molecule has 6 nitrogen and oxygen atoms in total. The van der Waals surface area contributed by atoms with Crippen molar-refractivity contribution in [1.29, 1.82) is 0 Å². The SMILES string of the molecule is CC[C@H](C)NC(=O)[C@H]1CCCN(S(=O)(=O)c2ccc(OC)c(C)c2)C1. The summed E-state index contributed by atoms with van der Waals surface area (Å²) < 4.78 is 32.5. The van der Waals surface area contributed by atoms with E-state index in [1.165, 1.54) is 4.31 Å². The molecule has 0 aromatic heterocycles. The van der Waals surface area contributed by atoms with E-state index in [1.807, 2.05) is 20.8 Å². The van der Waals surface area contributed by atoms with E-state index in [0.717, 1.165) is 18.4 Å². The predicted octanol–water partition coefficient (Wildman–Crippen LogP) is 2.32. The van der Waals surface area contributed by atoms with Gasteiger partial charge in [0.1, 0.15) is 5.75 Å². The zero-order valence-corrected chi connectivity index (χ0v) is 16.2. The Labute approximate surface area is 150 Å². The maximum atomic E-state index is 12.9. The lowest BCUT2D eigenvalue weighted by molar-refractivity contribution is -0.126. The van der Waals surface area contributed by atoms with Crippen LogP contribution in [-0.2, 0) is 14.8 Å². The van der Waals surface area contributed by atoms with Crippen molar-refractivity contribution in [3.8, 4) is 5.75 Å². The van der Waals surface area contributed by atoms with E-state index in [9.17, 15) is 13.2 Å². The number of nitrogens with zero attached hydrogens (tertiary/aromatic N) is 1. The third-order valence-corrected chi connectivity index (χ3v) is 6.62. The predicted molar refractivity (Wildman–Crippen MR) is 97.1 cm³/mol. The van der Waals surface area contributed by atoms with Crippen LogP contribution in [0.5, 0.6) is 5.75 Å². The van der Waals surface area contributed by atoms with Gasteiger partial charge >= 0.3 is 0 Å². The zero-order chi connectivity index (χ0) is 18.6. The van der Waals surface area contributed by atoms with Crippen molar-refractivity contribution < 1.29 is 17.9 Å². The first-order valence-electron chi connectivity index (χ1n) is 8.74. The molecule has 1 aromatic rings. The number of ether oxygens (including phenoxy) is 1. The molecule has 1 fully saturated rings. The van der Waals surface area contributed by atoms with Crippen molar-refractivity contribution >= 4 is 15.9 Å². The summed E-state index contributed by atoms with van der Waals surface area (Å²) in [5, 5.41) is 2.96. The van der Waals surface area contributed by atoms with Gasteiger partial charge in [-0.3, -0.25) is 4.79 Å². The molecule has 140 valence electrons. The van der Waals surface area contributed by atoms with Crippen molar-refractivity contribution in [1.82, 2.24) is 9.62 Å². The van der Waals surface area contributed by atoms with E-state index in [-0.39, 0.29) is 29.3 Å². The van der Waals surface area contributed by atoms with Gasteiger partial charge in [-0.2, -0.15) is 4.31 Å². The molecule has 1 aliphatic rings. The number of carbonyl (C=O) groups is 1. The Morgan fingerprint density at radius 2 is 2.16 bits per heavy atom. The molecule has 1 N–H and O–H groups in total. The highest BCUT2D eigenvalue weighted by molar-refractivity contribution is 7.89. The van der Waals surface area contributed by atoms with Crippen LogP contribution in [0.15, 0.2) is 23.1 Å². The van der Waals surface area contributed by atoms with Gasteiger partial charge in [0.25, 0.3) is 0 Å². The fourth-order valence-corrected chi connectivity index (χ4v) is 4.61. The largest absolute Gasteiger partial charge is 0.496 e. The molecule has 0 radical (unpaired) electrons. The molecule has 2 atom stereocenters. The Balaban J connectivity index is 2.16. The molecule has 7 heteroatoms. The maximum absolute atomic E-state index is 12.9. The number of piperidine rings is 1. The van der Waals surface area contributed by atoms with E-state index in [4.69, 9.17) is 4.74 Å². The van der Waals surface area contributed by atoms with Crippen LogP contribution in [0.3, 0.4) is 0 Å². The van der Waals surface area contributed by atoms with Crippen LogP contribution in [0, 0.1) is 12.8 Å². The minimum Gasteiger partial charge on any atom is -0.496 e. The normalized spacial score (nSPS) is 20.1. The van der Waals surface area contributed by atoms with E-state index < -0.39 is 10.0 Å². The number of methoxy groups -OCH3 is 1. The van der Waals surface area contributed by atoms with Crippen molar-refractivity contribution in [3.63, 3.8) is 0 Å². The highest BCUT2D eigenvalue weighted by Gasteiger charge is 2.33. The summed E-state index contributed by atoms with van der Waals surface area (Å²) in [6.07, 6.45) is 2.26. The van der Waals surface area contributed by atoms with E-state index >= 15 is 0 Å². The number of benzene rings is 1. The molecule has 1 aromatic carbocycles. The third-order valence-electron chi connectivity index (χ3n) is 4.76. The van der Waals surface area contributed by atoms with Crippen LogP contribution < -0.4 is 10.1 Å². The van der Waals surface area contributed by atoms with Gasteiger partial charge in [-0.1, -0.05) is 6.92 Å². The molecule has 25 heavy (non-hydrogen) atoms. The van der Waals surface area contributed by atoms with E-state index in [2.05, 4.69) is 5.32 Å². The second-order valence-corrected chi connectivity index (χ2v) is 8.59. The van der Waals surface area contributed by atoms with Gasteiger partial charge < -0.3 is 10.1 Å². The summed E-state index contributed by atoms with van der Waals surface area (Å²) in [6, 6.07) is 4.95. The summed E-state index contributed by atoms with van der Waals surface area (Å²) in [6.45, 7) is 6.45. The van der Waals surface area contributed by atoms with Crippen LogP contribution in [0.4, 0.5) is 0 Å². The fraction of sp³-hybridized carbons (Fsp3) is 0.611. The number of amides is 1. The van der Waals surface area contributed by atoms with Gasteiger partial charge in [0, 0.05) is 19.1 Å². The van der Waals surface area contributed by atoms with Crippen molar-refractivity contribution in [2.45, 2.75) is 51.0 Å². The lowest BCUT2D eigenvalue weighted by Gasteiger charge is -2.32. The minimum atomic E-state index is -3.61. The molecule has 0 spiro atoms. The van der Waals surface area contributed by atoms with Gasteiger partial charge in [0.05, 0.1) is 17.9 Å². The number of hydrogen-bond acceptors (Lipinski definition) is 4. The lowest BCUT2D eigenvalue weighted by atomic mass is 9.98. The molecule has 0 saturated carbocycles. The molecule has 0 unspecified atom stereocenters. The van der Waals surface area contributed by atoms with Gasteiger partial charge in [-0.25, -0.2) is 8.42 Å². The Morgan fingerprint density at radius 1 is 1.44 bits per heavy atom. The summed E-state index contributed by atoms with van der Waals surface area (Å²) in [5.74, 6) is 0.306. The number of aryl methyl sites for hydroxylation is 1. The smallest absolute Gasteiger partial charge is 0.243 e. The van der Waals surface area contributed by atoms with E-state index in [0.29, 0.717) is 18.7 Å². The summed E-state index contributed by atoms with van der Waals surface area (Å²) in [7, 11) is -2.06. The lowest BCUT2D eigenvalue weighted by Crippen LogP contribution is -2.47. The van der Waals surface area contributed by atoms with Crippen LogP contribution >= 0.6 is 0 Å². The molecule has 0 bridgehead atoms. The second kappa shape index (κ2) is 8.19. The second-order valence-electron chi connectivity index (χ2n) is 6.65. The standard InChI is InChI=1S/C18H28N2O4S/c1-5-14(3)19-18(21)15-7-6-10-20(12-15)25(22,23)16-8-9-17(24-4)13(2)11-16/h8-9,11,14-15H,5-7,10,12H2,1-4H3,(H,19,21)/t14-,15-/m0/s1. The quantitative estimate of drug-likeness (QED) is 0.836. The summed E-state index contributed by atoms with van der Waals surface area (Å²) in [5.41, 5.74) is 0.770. The number of hydrogen-bond donors (Lipinski definition) is 1. The Hall–Kier alpha value is -1.60. The van der Waals surface area contributed by atoms with E-state index in [1.54, 1.807) is 25.3 Å². The Morgan fingerprint density at radius 3 is 2.76 bits per heavy atom. The highest BCUT2D eigenvalue weighted by atomic mass is 32.2. The molecular weight excluding hydrogens is 340 g/mol.